The average molecular weight is 274 g/mol. The summed E-state index contributed by atoms with van der Waals surface area (Å²) in [7, 11) is 0. The van der Waals surface area contributed by atoms with E-state index in [1.165, 1.54) is 38.5 Å². The number of carbonyl (C=O) groups is 1. The lowest BCUT2D eigenvalue weighted by atomic mass is 9.96. The summed E-state index contributed by atoms with van der Waals surface area (Å²) in [4.78, 5) is 12.0. The monoisotopic (exact) mass is 274 g/mol. The molecule has 0 spiro atoms. The fraction of sp³-hybridized carbons (Fsp3) is 0.588. The van der Waals surface area contributed by atoms with E-state index >= 15 is 0 Å². The Bertz CT molecular complexity index is 423. The number of hydrogen-bond donors (Lipinski definition) is 2. The SMILES string of the molecule is NCc1cccc(CNC(=O)CC2CCCCCC2)c1. The molecule has 3 heteroatoms. The Balaban J connectivity index is 1.76. The Morgan fingerprint density at radius 3 is 2.55 bits per heavy atom. The van der Waals surface area contributed by atoms with Gasteiger partial charge in [0.15, 0.2) is 0 Å². The van der Waals surface area contributed by atoms with Gasteiger partial charge >= 0.3 is 0 Å². The third-order valence-electron chi connectivity index (χ3n) is 4.17. The third-order valence-corrected chi connectivity index (χ3v) is 4.17. The molecule has 1 aliphatic carbocycles. The van der Waals surface area contributed by atoms with Gasteiger partial charge in [-0.3, -0.25) is 4.79 Å². The molecule has 0 atom stereocenters. The first kappa shape index (κ1) is 15.0. The Kier molecular flexibility index (Phi) is 6.06. The number of nitrogens with two attached hydrogens (primary N) is 1. The Labute approximate surface area is 121 Å². The minimum Gasteiger partial charge on any atom is -0.352 e. The Morgan fingerprint density at radius 2 is 1.85 bits per heavy atom. The second kappa shape index (κ2) is 8.05. The van der Waals surface area contributed by atoms with Crippen LogP contribution in [-0.4, -0.2) is 5.91 Å². The van der Waals surface area contributed by atoms with E-state index in [0.29, 0.717) is 25.4 Å². The molecule has 1 fully saturated rings. The van der Waals surface area contributed by atoms with Crippen molar-refractivity contribution >= 4 is 5.91 Å². The molecule has 0 aliphatic heterocycles. The molecule has 0 aromatic heterocycles. The zero-order valence-corrected chi connectivity index (χ0v) is 12.2. The van der Waals surface area contributed by atoms with Gasteiger partial charge in [-0.2, -0.15) is 0 Å². The predicted octanol–water partition coefficient (Wildman–Crippen LogP) is 3.12. The maximum atomic E-state index is 12.0. The molecule has 0 unspecified atom stereocenters. The molecular formula is C17H26N2O. The van der Waals surface area contributed by atoms with Crippen molar-refractivity contribution in [2.24, 2.45) is 11.7 Å². The van der Waals surface area contributed by atoms with Crippen LogP contribution < -0.4 is 11.1 Å². The van der Waals surface area contributed by atoms with Gasteiger partial charge in [-0.25, -0.2) is 0 Å². The van der Waals surface area contributed by atoms with E-state index in [9.17, 15) is 4.79 Å². The van der Waals surface area contributed by atoms with E-state index in [0.717, 1.165) is 11.1 Å². The topological polar surface area (TPSA) is 55.1 Å². The average Bonchev–Trinajstić information content (AvgIpc) is 2.74. The zero-order valence-electron chi connectivity index (χ0n) is 12.2. The summed E-state index contributed by atoms with van der Waals surface area (Å²) in [6.07, 6.45) is 8.38. The van der Waals surface area contributed by atoms with E-state index in [4.69, 9.17) is 5.73 Å². The first-order valence-corrected chi connectivity index (χ1v) is 7.82. The first-order chi connectivity index (χ1) is 9.78. The summed E-state index contributed by atoms with van der Waals surface area (Å²) in [5.41, 5.74) is 7.86. The minimum absolute atomic E-state index is 0.190. The number of hydrogen-bond acceptors (Lipinski definition) is 2. The standard InChI is InChI=1S/C17H26N2O/c18-12-15-8-5-9-16(10-15)13-19-17(20)11-14-6-3-1-2-4-7-14/h5,8-10,14H,1-4,6-7,11-13,18H2,(H,19,20). The Hall–Kier alpha value is -1.35. The molecule has 0 bridgehead atoms. The smallest absolute Gasteiger partial charge is 0.220 e. The molecule has 1 aliphatic rings. The second-order valence-electron chi connectivity index (χ2n) is 5.86. The van der Waals surface area contributed by atoms with Crippen LogP contribution in [-0.2, 0) is 17.9 Å². The second-order valence-corrected chi connectivity index (χ2v) is 5.86. The number of amides is 1. The van der Waals surface area contributed by atoms with E-state index < -0.39 is 0 Å². The molecule has 3 N–H and O–H groups in total. The van der Waals surface area contributed by atoms with Gasteiger partial charge in [-0.05, 0) is 29.9 Å². The highest BCUT2D eigenvalue weighted by Crippen LogP contribution is 2.25. The van der Waals surface area contributed by atoms with Crippen molar-refractivity contribution in [3.05, 3.63) is 35.4 Å². The fourth-order valence-corrected chi connectivity index (χ4v) is 2.97. The third kappa shape index (κ3) is 4.97. The molecule has 1 aromatic rings. The van der Waals surface area contributed by atoms with Crippen molar-refractivity contribution < 1.29 is 4.79 Å². The lowest BCUT2D eigenvalue weighted by Crippen LogP contribution is -2.25. The summed E-state index contributed by atoms with van der Waals surface area (Å²) >= 11 is 0. The summed E-state index contributed by atoms with van der Waals surface area (Å²) in [5, 5.41) is 3.04. The van der Waals surface area contributed by atoms with Gasteiger partial charge in [-0.1, -0.05) is 49.9 Å². The lowest BCUT2D eigenvalue weighted by molar-refractivity contribution is -0.122. The van der Waals surface area contributed by atoms with Gasteiger partial charge < -0.3 is 11.1 Å². The quantitative estimate of drug-likeness (QED) is 0.811. The maximum Gasteiger partial charge on any atom is 0.220 e. The van der Waals surface area contributed by atoms with Gasteiger partial charge in [0.2, 0.25) is 5.91 Å². The van der Waals surface area contributed by atoms with E-state index in [1.807, 2.05) is 18.2 Å². The largest absolute Gasteiger partial charge is 0.352 e. The first-order valence-electron chi connectivity index (χ1n) is 7.82. The van der Waals surface area contributed by atoms with Crippen LogP contribution in [0.5, 0.6) is 0 Å². The minimum atomic E-state index is 0.190. The Morgan fingerprint density at radius 1 is 1.15 bits per heavy atom. The molecule has 110 valence electrons. The summed E-state index contributed by atoms with van der Waals surface area (Å²) in [5.74, 6) is 0.780. The van der Waals surface area contributed by atoms with Crippen molar-refractivity contribution in [3.8, 4) is 0 Å². The van der Waals surface area contributed by atoms with Crippen LogP contribution in [0.4, 0.5) is 0 Å². The van der Waals surface area contributed by atoms with Gasteiger partial charge in [-0.15, -0.1) is 0 Å². The normalized spacial score (nSPS) is 16.6. The number of rotatable bonds is 5. The van der Waals surface area contributed by atoms with Gasteiger partial charge in [0.1, 0.15) is 0 Å². The lowest BCUT2D eigenvalue weighted by Gasteiger charge is -2.13. The number of nitrogens with one attached hydrogen (secondary N) is 1. The van der Waals surface area contributed by atoms with Crippen LogP contribution in [0.25, 0.3) is 0 Å². The van der Waals surface area contributed by atoms with E-state index in [1.54, 1.807) is 0 Å². The number of benzene rings is 1. The molecule has 3 nitrogen and oxygen atoms in total. The molecule has 0 radical (unpaired) electrons. The van der Waals surface area contributed by atoms with Crippen LogP contribution >= 0.6 is 0 Å². The van der Waals surface area contributed by atoms with Gasteiger partial charge in [0.05, 0.1) is 0 Å². The molecule has 0 heterocycles. The highest BCUT2D eigenvalue weighted by atomic mass is 16.1. The highest BCUT2D eigenvalue weighted by molar-refractivity contribution is 5.76. The molecular weight excluding hydrogens is 248 g/mol. The fourth-order valence-electron chi connectivity index (χ4n) is 2.97. The van der Waals surface area contributed by atoms with E-state index in [2.05, 4.69) is 11.4 Å². The highest BCUT2D eigenvalue weighted by Gasteiger charge is 2.15. The van der Waals surface area contributed by atoms with Crippen molar-refractivity contribution in [1.82, 2.24) is 5.32 Å². The summed E-state index contributed by atoms with van der Waals surface area (Å²) in [6.45, 7) is 1.16. The molecule has 0 saturated heterocycles. The summed E-state index contributed by atoms with van der Waals surface area (Å²) < 4.78 is 0. The van der Waals surface area contributed by atoms with Crippen molar-refractivity contribution in [3.63, 3.8) is 0 Å². The molecule has 1 aromatic carbocycles. The van der Waals surface area contributed by atoms with Crippen LogP contribution in [0.1, 0.15) is 56.1 Å². The van der Waals surface area contributed by atoms with Crippen molar-refractivity contribution in [1.29, 1.82) is 0 Å². The van der Waals surface area contributed by atoms with Crippen molar-refractivity contribution in [2.75, 3.05) is 0 Å². The van der Waals surface area contributed by atoms with Gasteiger partial charge in [0, 0.05) is 19.5 Å². The van der Waals surface area contributed by atoms with Gasteiger partial charge in [0.25, 0.3) is 0 Å². The number of carbonyl (C=O) groups excluding carboxylic acids is 1. The maximum absolute atomic E-state index is 12.0. The molecule has 1 amide bonds. The predicted molar refractivity (Wildman–Crippen MR) is 82.0 cm³/mol. The van der Waals surface area contributed by atoms with Crippen LogP contribution in [0, 0.1) is 5.92 Å². The molecule has 2 rings (SSSR count). The summed E-state index contributed by atoms with van der Waals surface area (Å²) in [6, 6.07) is 8.10. The van der Waals surface area contributed by atoms with Crippen LogP contribution in [0.2, 0.25) is 0 Å². The zero-order chi connectivity index (χ0) is 14.2. The van der Waals surface area contributed by atoms with Crippen LogP contribution in [0.3, 0.4) is 0 Å². The molecule has 1 saturated carbocycles. The molecule has 20 heavy (non-hydrogen) atoms. The van der Waals surface area contributed by atoms with Crippen molar-refractivity contribution in [2.45, 2.75) is 58.0 Å². The van der Waals surface area contributed by atoms with E-state index in [-0.39, 0.29) is 5.91 Å². The van der Waals surface area contributed by atoms with Crippen LogP contribution in [0.15, 0.2) is 24.3 Å².